The van der Waals surface area contributed by atoms with E-state index in [1.807, 2.05) is 0 Å². The van der Waals surface area contributed by atoms with Crippen molar-refractivity contribution in [2.45, 2.75) is 329 Å². The highest BCUT2D eigenvalue weighted by Gasteiger charge is 2.19. The predicted octanol–water partition coefficient (Wildman–Crippen LogP) is 22.8. The molecule has 6 nitrogen and oxygen atoms in total. The third-order valence-corrected chi connectivity index (χ3v) is 14.3. The fourth-order valence-corrected chi connectivity index (χ4v) is 9.33. The van der Waals surface area contributed by atoms with Crippen molar-refractivity contribution >= 4 is 17.9 Å². The van der Waals surface area contributed by atoms with Gasteiger partial charge < -0.3 is 14.2 Å². The van der Waals surface area contributed by atoms with Gasteiger partial charge in [0.1, 0.15) is 13.2 Å². The van der Waals surface area contributed by atoms with Crippen LogP contribution < -0.4 is 0 Å². The van der Waals surface area contributed by atoms with Gasteiger partial charge in [-0.3, -0.25) is 14.4 Å². The van der Waals surface area contributed by atoms with Crippen LogP contribution in [-0.2, 0) is 28.6 Å². The molecule has 0 amide bonds. The number of unbranched alkanes of at least 4 members (excludes halogenated alkanes) is 33. The summed E-state index contributed by atoms with van der Waals surface area (Å²) in [5.41, 5.74) is 0. The summed E-state index contributed by atoms with van der Waals surface area (Å²) in [6.07, 6.45) is 88.6. The van der Waals surface area contributed by atoms with Crippen molar-refractivity contribution in [3.8, 4) is 0 Å². The van der Waals surface area contributed by atoms with Crippen LogP contribution in [0.25, 0.3) is 0 Å². The fourth-order valence-electron chi connectivity index (χ4n) is 9.33. The summed E-state index contributed by atoms with van der Waals surface area (Å²) >= 11 is 0. The summed E-state index contributed by atoms with van der Waals surface area (Å²) in [6, 6.07) is 0. The zero-order valence-corrected chi connectivity index (χ0v) is 51.4. The van der Waals surface area contributed by atoms with Crippen LogP contribution in [0.5, 0.6) is 0 Å². The topological polar surface area (TPSA) is 78.9 Å². The molecule has 6 heteroatoms. The van der Waals surface area contributed by atoms with Gasteiger partial charge in [0.25, 0.3) is 0 Å². The molecule has 0 aliphatic carbocycles. The van der Waals surface area contributed by atoms with Crippen molar-refractivity contribution in [3.63, 3.8) is 0 Å². The summed E-state index contributed by atoms with van der Waals surface area (Å²) in [6.45, 7) is 6.47. The quantitative estimate of drug-likeness (QED) is 0.0261. The van der Waals surface area contributed by atoms with Gasteiger partial charge in [-0.1, -0.05) is 285 Å². The maximum atomic E-state index is 12.9. The molecule has 0 heterocycles. The molecule has 0 radical (unpaired) electrons. The Kier molecular flexibility index (Phi) is 62.7. The summed E-state index contributed by atoms with van der Waals surface area (Å²) in [5.74, 6) is -0.901. The van der Waals surface area contributed by atoms with Crippen LogP contribution >= 0.6 is 0 Å². The second kappa shape index (κ2) is 65.8. The van der Waals surface area contributed by atoms with Crippen molar-refractivity contribution in [1.82, 2.24) is 0 Å². The molecule has 0 N–H and O–H groups in total. The maximum Gasteiger partial charge on any atom is 0.306 e. The van der Waals surface area contributed by atoms with Crippen LogP contribution in [0, 0.1) is 0 Å². The first-order valence-corrected chi connectivity index (χ1v) is 33.2. The second-order valence-corrected chi connectivity index (χ2v) is 22.0. The minimum absolute atomic E-state index is 0.0857. The van der Waals surface area contributed by atoms with E-state index in [1.165, 1.54) is 161 Å². The van der Waals surface area contributed by atoms with Crippen LogP contribution in [0.1, 0.15) is 323 Å². The minimum Gasteiger partial charge on any atom is -0.462 e. The fraction of sp³-hybridized carbons (Fsp3) is 0.736. The van der Waals surface area contributed by atoms with Crippen LogP contribution in [0.3, 0.4) is 0 Å². The molecule has 0 spiro atoms. The molecule has 448 valence electrons. The Morgan fingerprint density at radius 2 is 0.526 bits per heavy atom. The lowest BCUT2D eigenvalue weighted by molar-refractivity contribution is -0.167. The molecule has 0 saturated heterocycles. The molecule has 1 atom stereocenters. The van der Waals surface area contributed by atoms with E-state index in [9.17, 15) is 14.4 Å². The molecule has 0 bridgehead atoms. The molecule has 0 aromatic rings. The van der Waals surface area contributed by atoms with E-state index >= 15 is 0 Å². The Morgan fingerprint density at radius 3 is 0.846 bits per heavy atom. The van der Waals surface area contributed by atoms with Crippen molar-refractivity contribution in [2.75, 3.05) is 13.2 Å². The molecule has 0 fully saturated rings. The van der Waals surface area contributed by atoms with E-state index < -0.39 is 6.10 Å². The number of carbonyl (C=O) groups is 3. The van der Waals surface area contributed by atoms with Gasteiger partial charge in [-0.05, 0) is 116 Å². The average Bonchev–Trinajstić information content (AvgIpc) is 3.44. The van der Waals surface area contributed by atoms with Gasteiger partial charge in [0.2, 0.25) is 0 Å². The first-order valence-electron chi connectivity index (χ1n) is 33.2. The number of hydrogen-bond donors (Lipinski definition) is 0. The number of rotatable bonds is 60. The van der Waals surface area contributed by atoms with Crippen LogP contribution in [0.2, 0.25) is 0 Å². The third kappa shape index (κ3) is 63.2. The first kappa shape index (κ1) is 74.3. The zero-order valence-electron chi connectivity index (χ0n) is 51.4. The molecule has 78 heavy (non-hydrogen) atoms. The molecule has 0 aliphatic heterocycles. The maximum absolute atomic E-state index is 12.9. The summed E-state index contributed by atoms with van der Waals surface area (Å²) in [4.78, 5) is 38.3. The molecular weight excluding hydrogens is 961 g/mol. The lowest BCUT2D eigenvalue weighted by atomic mass is 10.0. The van der Waals surface area contributed by atoms with E-state index in [-0.39, 0.29) is 31.1 Å². The van der Waals surface area contributed by atoms with Gasteiger partial charge in [0.05, 0.1) is 0 Å². The van der Waals surface area contributed by atoms with Crippen molar-refractivity contribution in [1.29, 1.82) is 0 Å². The van der Waals surface area contributed by atoms with E-state index in [4.69, 9.17) is 14.2 Å². The third-order valence-electron chi connectivity index (χ3n) is 14.3. The first-order chi connectivity index (χ1) is 38.5. The van der Waals surface area contributed by atoms with E-state index in [0.717, 1.165) is 122 Å². The molecule has 0 saturated carbocycles. The average molecular weight is 1090 g/mol. The van der Waals surface area contributed by atoms with Gasteiger partial charge in [0, 0.05) is 19.3 Å². The van der Waals surface area contributed by atoms with Crippen molar-refractivity contribution in [3.05, 3.63) is 97.2 Å². The van der Waals surface area contributed by atoms with Crippen LogP contribution in [0.4, 0.5) is 0 Å². The number of esters is 3. The molecule has 0 rings (SSSR count). The molecule has 0 aromatic carbocycles. The molecule has 1 unspecified atom stereocenters. The second-order valence-electron chi connectivity index (χ2n) is 22.0. The van der Waals surface area contributed by atoms with Gasteiger partial charge >= 0.3 is 17.9 Å². The minimum atomic E-state index is -0.788. The van der Waals surface area contributed by atoms with Gasteiger partial charge in [-0.25, -0.2) is 0 Å². The Labute approximate surface area is 483 Å². The summed E-state index contributed by atoms with van der Waals surface area (Å²) in [7, 11) is 0. The largest absolute Gasteiger partial charge is 0.462 e. The predicted molar refractivity (Wildman–Crippen MR) is 339 cm³/mol. The van der Waals surface area contributed by atoms with E-state index in [1.54, 1.807) is 0 Å². The van der Waals surface area contributed by atoms with Crippen LogP contribution in [-0.4, -0.2) is 37.2 Å². The van der Waals surface area contributed by atoms with Crippen LogP contribution in [0.15, 0.2) is 97.2 Å². The zero-order chi connectivity index (χ0) is 56.4. The monoisotopic (exact) mass is 1080 g/mol. The number of hydrogen-bond acceptors (Lipinski definition) is 6. The Hall–Kier alpha value is -3.67. The van der Waals surface area contributed by atoms with E-state index in [0.29, 0.717) is 19.3 Å². The Balaban J connectivity index is 4.26. The molecule has 0 aliphatic rings. The van der Waals surface area contributed by atoms with Gasteiger partial charge in [-0.2, -0.15) is 0 Å². The Bertz CT molecular complexity index is 1530. The summed E-state index contributed by atoms with van der Waals surface area (Å²) < 4.78 is 16.9. The standard InChI is InChI=1S/C72H124O6/c1-4-7-10-13-16-19-22-24-26-28-30-32-34-36-38-40-42-44-46-48-50-53-56-59-62-65-71(74)77-68-69(67-76-70(73)64-61-58-55-52-21-18-15-12-9-6-3)78-72(75)66-63-60-57-54-51-49-47-45-43-41-39-37-35-33-31-29-27-25-23-20-17-14-11-8-5-2/h7,10,12,15-16,19,24,26,29-32,36,38,42,44,69H,4-6,8-9,11,13-14,17-18,20-23,25,27-28,33-35,37,39-41,43,45-68H2,1-3H3/b10-7-,15-12-,19-16-,26-24-,31-29-,32-30-,38-36-,44-42-. The molecular formula is C72H124O6. The number of carbonyl (C=O) groups excluding carboxylic acids is 3. The highest BCUT2D eigenvalue weighted by molar-refractivity contribution is 5.71. The van der Waals surface area contributed by atoms with Gasteiger partial charge in [-0.15, -0.1) is 0 Å². The normalized spacial score (nSPS) is 12.7. The van der Waals surface area contributed by atoms with Crippen molar-refractivity contribution < 1.29 is 28.6 Å². The highest BCUT2D eigenvalue weighted by Crippen LogP contribution is 2.16. The Morgan fingerprint density at radius 1 is 0.269 bits per heavy atom. The highest BCUT2D eigenvalue weighted by atomic mass is 16.6. The lowest BCUT2D eigenvalue weighted by Crippen LogP contribution is -2.30. The smallest absolute Gasteiger partial charge is 0.306 e. The van der Waals surface area contributed by atoms with Crippen molar-refractivity contribution in [2.24, 2.45) is 0 Å². The molecule has 0 aromatic heterocycles. The number of allylic oxidation sites excluding steroid dienone is 16. The van der Waals surface area contributed by atoms with Gasteiger partial charge in [0.15, 0.2) is 6.10 Å². The van der Waals surface area contributed by atoms with E-state index in [2.05, 4.69) is 118 Å². The lowest BCUT2D eigenvalue weighted by Gasteiger charge is -2.18. The summed E-state index contributed by atoms with van der Waals surface area (Å²) in [5, 5.41) is 0. The number of ether oxygens (including phenoxy) is 3. The SMILES string of the molecule is CC/C=C\C/C=C\C/C=C\C/C=C\C/C=C\C/C=C\CCCCCCCCC(=O)OCC(COC(=O)CCCCCCC/C=C\CCC)OC(=O)CCCCCCCCCCCCCCC/C=C\CCCCCCCCCC.